The number of aliphatic hydroxyl groups is 5. The summed E-state index contributed by atoms with van der Waals surface area (Å²) in [4.78, 5) is 12.7. The lowest BCUT2D eigenvalue weighted by molar-refractivity contribution is -0.223. The summed E-state index contributed by atoms with van der Waals surface area (Å²) < 4.78 is 0. The average molecular weight is 364 g/mol. The summed E-state index contributed by atoms with van der Waals surface area (Å²) in [5, 5.41) is 54.6. The molecule has 6 heteroatoms. The number of aliphatic hydroxyl groups excluding tert-OH is 2. The Labute approximate surface area is 153 Å². The zero-order valence-corrected chi connectivity index (χ0v) is 15.4. The highest BCUT2D eigenvalue weighted by Crippen LogP contribution is 2.57. The molecule has 26 heavy (non-hydrogen) atoms. The largest absolute Gasteiger partial charge is 0.392 e. The van der Waals surface area contributed by atoms with E-state index in [1.807, 2.05) is 0 Å². The molecule has 7 atom stereocenters. The van der Waals surface area contributed by atoms with Crippen LogP contribution in [0.3, 0.4) is 0 Å². The summed E-state index contributed by atoms with van der Waals surface area (Å²) in [7, 11) is 0. The van der Waals surface area contributed by atoms with Gasteiger partial charge in [-0.25, -0.2) is 0 Å². The molecule has 0 bridgehead atoms. The van der Waals surface area contributed by atoms with E-state index in [1.165, 1.54) is 6.08 Å². The van der Waals surface area contributed by atoms with Crippen molar-refractivity contribution in [2.45, 2.75) is 56.5 Å². The van der Waals surface area contributed by atoms with E-state index in [1.54, 1.807) is 26.8 Å². The molecule has 0 amide bonds. The topological polar surface area (TPSA) is 118 Å². The van der Waals surface area contributed by atoms with Crippen molar-refractivity contribution in [2.75, 3.05) is 6.61 Å². The van der Waals surface area contributed by atoms with E-state index < -0.39 is 53.1 Å². The van der Waals surface area contributed by atoms with E-state index in [0.29, 0.717) is 16.7 Å². The number of ketones is 1. The molecular weight excluding hydrogens is 336 g/mol. The Morgan fingerprint density at radius 2 is 1.92 bits per heavy atom. The first-order valence-corrected chi connectivity index (χ1v) is 8.97. The van der Waals surface area contributed by atoms with Gasteiger partial charge in [0.05, 0.1) is 18.3 Å². The van der Waals surface area contributed by atoms with Crippen molar-refractivity contribution in [3.8, 4) is 0 Å². The molecule has 3 rings (SSSR count). The second kappa shape index (κ2) is 5.84. The Balaban J connectivity index is 2.23. The van der Waals surface area contributed by atoms with Gasteiger partial charge in [-0.2, -0.15) is 0 Å². The van der Waals surface area contributed by atoms with Gasteiger partial charge in [0.25, 0.3) is 0 Å². The third-order valence-electron chi connectivity index (χ3n) is 6.80. The lowest BCUT2D eigenvalue weighted by atomic mass is 9.55. The van der Waals surface area contributed by atoms with Crippen molar-refractivity contribution in [2.24, 2.45) is 17.8 Å². The number of Topliss-reactive ketones (excluding diaryl/α,β-unsaturated/α-hetero) is 1. The molecule has 0 aromatic carbocycles. The van der Waals surface area contributed by atoms with Crippen LogP contribution >= 0.6 is 0 Å². The normalized spacial score (nSPS) is 48.2. The summed E-state index contributed by atoms with van der Waals surface area (Å²) in [6, 6.07) is 0. The fraction of sp³-hybridized carbons (Fsp3) is 0.650. The SMILES string of the molecule is C=C(C)[C@]1(O)C[C@@H](C)[C@]2(O)[C@H]3C=C(C)C(=O)[C@@]3(O)CC(CO)=C[C@H]2[C@H]1O. The summed E-state index contributed by atoms with van der Waals surface area (Å²) in [5.74, 6) is -2.92. The van der Waals surface area contributed by atoms with Crippen LogP contribution in [0, 0.1) is 17.8 Å². The van der Waals surface area contributed by atoms with E-state index in [-0.39, 0.29) is 12.8 Å². The van der Waals surface area contributed by atoms with Crippen LogP contribution in [0.15, 0.2) is 35.5 Å². The standard InChI is InChI=1S/C20H28O6/c1-10(2)18(24)7-12(4)20(26)14(17(18)23)6-13(9-21)8-19(25)15(20)5-11(3)16(19)22/h5-6,12,14-15,17,21,23-26H,1,7-9H2,2-4H3/t12-,14+,15+,17-,18-,19-,20-/m1/s1. The van der Waals surface area contributed by atoms with Gasteiger partial charge in [-0.05, 0) is 42.9 Å². The minimum absolute atomic E-state index is 0.0481. The average Bonchev–Trinajstić information content (AvgIpc) is 2.73. The van der Waals surface area contributed by atoms with Crippen LogP contribution in [-0.2, 0) is 4.79 Å². The zero-order chi connectivity index (χ0) is 19.7. The molecule has 0 aliphatic heterocycles. The summed E-state index contributed by atoms with van der Waals surface area (Å²) >= 11 is 0. The van der Waals surface area contributed by atoms with E-state index >= 15 is 0 Å². The molecular formula is C20H28O6. The number of carbonyl (C=O) groups excluding carboxylic acids is 1. The predicted molar refractivity (Wildman–Crippen MR) is 95.0 cm³/mol. The highest BCUT2D eigenvalue weighted by atomic mass is 16.4. The Kier molecular flexibility index (Phi) is 4.37. The van der Waals surface area contributed by atoms with Gasteiger partial charge in [0.1, 0.15) is 11.2 Å². The van der Waals surface area contributed by atoms with Gasteiger partial charge in [0.15, 0.2) is 5.78 Å². The predicted octanol–water partition coefficient (Wildman–Crippen LogP) is 0.240. The maximum Gasteiger partial charge on any atom is 0.190 e. The van der Waals surface area contributed by atoms with Crippen molar-refractivity contribution >= 4 is 5.78 Å². The van der Waals surface area contributed by atoms with Crippen molar-refractivity contribution in [3.63, 3.8) is 0 Å². The highest BCUT2D eigenvalue weighted by Gasteiger charge is 2.67. The molecule has 1 saturated carbocycles. The Bertz CT molecular complexity index is 724. The molecule has 5 N–H and O–H groups in total. The smallest absolute Gasteiger partial charge is 0.190 e. The van der Waals surface area contributed by atoms with Gasteiger partial charge < -0.3 is 25.5 Å². The Morgan fingerprint density at radius 1 is 1.31 bits per heavy atom. The highest BCUT2D eigenvalue weighted by molar-refractivity contribution is 6.04. The Hall–Kier alpha value is -1.31. The molecule has 0 aromatic rings. The van der Waals surface area contributed by atoms with Crippen molar-refractivity contribution in [1.82, 2.24) is 0 Å². The number of hydrogen-bond donors (Lipinski definition) is 5. The third kappa shape index (κ3) is 2.26. The van der Waals surface area contributed by atoms with Gasteiger partial charge in [0, 0.05) is 18.3 Å². The van der Waals surface area contributed by atoms with Crippen LogP contribution in [0.4, 0.5) is 0 Å². The molecule has 0 spiro atoms. The van der Waals surface area contributed by atoms with Crippen LogP contribution in [0.1, 0.15) is 33.6 Å². The summed E-state index contributed by atoms with van der Waals surface area (Å²) in [6.45, 7) is 8.31. The lowest BCUT2D eigenvalue weighted by Gasteiger charge is -2.56. The van der Waals surface area contributed by atoms with Crippen LogP contribution < -0.4 is 0 Å². The zero-order valence-electron chi connectivity index (χ0n) is 15.4. The monoisotopic (exact) mass is 364 g/mol. The molecule has 0 saturated heterocycles. The van der Waals surface area contributed by atoms with Crippen LogP contribution in [-0.4, -0.2) is 60.8 Å². The van der Waals surface area contributed by atoms with Crippen molar-refractivity contribution in [1.29, 1.82) is 0 Å². The molecule has 3 aliphatic carbocycles. The molecule has 144 valence electrons. The third-order valence-corrected chi connectivity index (χ3v) is 6.80. The molecule has 0 radical (unpaired) electrons. The minimum atomic E-state index is -1.87. The molecule has 0 aromatic heterocycles. The first-order valence-electron chi connectivity index (χ1n) is 8.97. The van der Waals surface area contributed by atoms with Crippen molar-refractivity contribution < 1.29 is 30.3 Å². The van der Waals surface area contributed by atoms with Gasteiger partial charge in [0.2, 0.25) is 0 Å². The number of rotatable bonds is 2. The van der Waals surface area contributed by atoms with E-state index in [9.17, 15) is 30.3 Å². The summed E-state index contributed by atoms with van der Waals surface area (Å²) in [6.07, 6.45) is 1.63. The van der Waals surface area contributed by atoms with Gasteiger partial charge in [-0.3, -0.25) is 4.79 Å². The maximum atomic E-state index is 12.7. The van der Waals surface area contributed by atoms with Crippen LogP contribution in [0.5, 0.6) is 0 Å². The molecule has 0 unspecified atom stereocenters. The lowest BCUT2D eigenvalue weighted by Crippen LogP contribution is -2.68. The second-order valence-corrected chi connectivity index (χ2v) is 8.41. The quantitative estimate of drug-likeness (QED) is 0.448. The number of hydrogen-bond acceptors (Lipinski definition) is 6. The number of fused-ring (bicyclic) bond motifs is 3. The van der Waals surface area contributed by atoms with E-state index in [0.717, 1.165) is 0 Å². The van der Waals surface area contributed by atoms with Crippen LogP contribution in [0.25, 0.3) is 0 Å². The first-order chi connectivity index (χ1) is 11.9. The second-order valence-electron chi connectivity index (χ2n) is 8.41. The molecule has 6 nitrogen and oxygen atoms in total. The maximum absolute atomic E-state index is 12.7. The van der Waals surface area contributed by atoms with E-state index in [2.05, 4.69) is 6.58 Å². The molecule has 0 heterocycles. The van der Waals surface area contributed by atoms with Gasteiger partial charge in [-0.15, -0.1) is 0 Å². The first kappa shape index (κ1) is 19.5. The summed E-state index contributed by atoms with van der Waals surface area (Å²) in [5.41, 5.74) is -4.03. The number of carbonyl (C=O) groups is 1. The molecule has 3 aliphatic rings. The molecule has 1 fully saturated rings. The fourth-order valence-electron chi connectivity index (χ4n) is 5.21. The van der Waals surface area contributed by atoms with Gasteiger partial charge >= 0.3 is 0 Å². The Morgan fingerprint density at radius 3 is 2.46 bits per heavy atom. The van der Waals surface area contributed by atoms with Gasteiger partial charge in [-0.1, -0.05) is 25.7 Å². The fourth-order valence-corrected chi connectivity index (χ4v) is 5.21. The van der Waals surface area contributed by atoms with Crippen molar-refractivity contribution in [3.05, 3.63) is 35.5 Å². The van der Waals surface area contributed by atoms with E-state index in [4.69, 9.17) is 0 Å². The van der Waals surface area contributed by atoms with Crippen LogP contribution in [0.2, 0.25) is 0 Å². The minimum Gasteiger partial charge on any atom is -0.392 e.